The monoisotopic (exact) mass is 323 g/mol. The van der Waals surface area contributed by atoms with Gasteiger partial charge in [0.2, 0.25) is 0 Å². The van der Waals surface area contributed by atoms with Gasteiger partial charge in [-0.2, -0.15) is 0 Å². The van der Waals surface area contributed by atoms with Crippen molar-refractivity contribution in [3.63, 3.8) is 0 Å². The van der Waals surface area contributed by atoms with Crippen molar-refractivity contribution in [2.75, 3.05) is 14.2 Å². The highest BCUT2D eigenvalue weighted by atomic mass is 16.7. The molecule has 2 aromatic rings. The summed E-state index contributed by atoms with van der Waals surface area (Å²) >= 11 is 0. The van der Waals surface area contributed by atoms with Crippen molar-refractivity contribution in [2.45, 2.75) is 18.3 Å². The van der Waals surface area contributed by atoms with Crippen LogP contribution < -0.4 is 9.47 Å². The van der Waals surface area contributed by atoms with Crippen LogP contribution in [0.3, 0.4) is 0 Å². The zero-order valence-corrected chi connectivity index (χ0v) is 13.4. The number of methoxy groups -OCH3 is 2. The first-order chi connectivity index (χ1) is 11.8. The average molecular weight is 323 g/mol. The highest BCUT2D eigenvalue weighted by Gasteiger charge is 2.59. The minimum Gasteiger partial charge on any atom is -0.493 e. The zero-order valence-electron chi connectivity index (χ0n) is 13.4. The zero-order chi connectivity index (χ0) is 16.3. The molecule has 1 fully saturated rings. The van der Waals surface area contributed by atoms with Gasteiger partial charge in [0, 0.05) is 0 Å². The summed E-state index contributed by atoms with van der Waals surface area (Å²) < 4.78 is 17.1. The number of ether oxygens (including phenoxy) is 3. The third-order valence-electron chi connectivity index (χ3n) is 5.13. The van der Waals surface area contributed by atoms with Crippen LogP contribution in [-0.4, -0.2) is 26.0 Å². The van der Waals surface area contributed by atoms with Crippen molar-refractivity contribution in [2.24, 2.45) is 11.1 Å². The summed E-state index contributed by atoms with van der Waals surface area (Å²) in [5, 5.41) is 4.37. The normalized spacial score (nSPS) is 28.8. The molecular formula is C19H17NO4. The molecule has 4 unspecified atom stereocenters. The largest absolute Gasteiger partial charge is 0.493 e. The first-order valence-corrected chi connectivity index (χ1v) is 8.02. The molecule has 4 atom stereocenters. The van der Waals surface area contributed by atoms with Gasteiger partial charge < -0.3 is 19.0 Å². The fourth-order valence-electron chi connectivity index (χ4n) is 4.05. The van der Waals surface area contributed by atoms with Crippen LogP contribution in [0.5, 0.6) is 11.5 Å². The lowest BCUT2D eigenvalue weighted by atomic mass is 9.78. The van der Waals surface area contributed by atoms with Crippen molar-refractivity contribution in [3.8, 4) is 11.5 Å². The molecule has 24 heavy (non-hydrogen) atoms. The molecule has 122 valence electrons. The highest BCUT2D eigenvalue weighted by Crippen LogP contribution is 2.59. The molecule has 3 heterocycles. The number of rotatable bonds is 3. The molecule has 3 aliphatic heterocycles. The van der Waals surface area contributed by atoms with E-state index in [4.69, 9.17) is 19.0 Å². The van der Waals surface area contributed by atoms with Crippen LogP contribution in [0.4, 0.5) is 0 Å². The Morgan fingerprint density at radius 1 is 0.917 bits per heavy atom. The van der Waals surface area contributed by atoms with E-state index in [-0.39, 0.29) is 24.2 Å². The van der Waals surface area contributed by atoms with E-state index in [2.05, 4.69) is 17.3 Å². The lowest BCUT2D eigenvalue weighted by molar-refractivity contribution is -0.00582. The predicted octanol–water partition coefficient (Wildman–Crippen LogP) is 3.25. The Labute approximate surface area is 139 Å². The lowest BCUT2D eigenvalue weighted by Gasteiger charge is -2.23. The molecule has 0 radical (unpaired) electrons. The Balaban J connectivity index is 1.58. The summed E-state index contributed by atoms with van der Waals surface area (Å²) in [5.74, 6) is 1.55. The molecule has 0 aliphatic carbocycles. The Kier molecular flexibility index (Phi) is 2.88. The molecule has 0 amide bonds. The van der Waals surface area contributed by atoms with Crippen molar-refractivity contribution < 1.29 is 19.0 Å². The summed E-state index contributed by atoms with van der Waals surface area (Å²) in [6, 6.07) is 14.2. The summed E-state index contributed by atoms with van der Waals surface area (Å²) in [5.41, 5.74) is 4.31. The highest BCUT2D eigenvalue weighted by molar-refractivity contribution is 6.04. The van der Waals surface area contributed by atoms with Gasteiger partial charge in [0.25, 0.3) is 0 Å². The van der Waals surface area contributed by atoms with Crippen LogP contribution in [-0.2, 0) is 9.57 Å². The minimum absolute atomic E-state index is 0.0590. The van der Waals surface area contributed by atoms with Crippen LogP contribution >= 0.6 is 0 Å². The standard InChI is InChI=1S/C19H17NO4/c1-21-13-8-11-12(9-14(13)22-2)18-19-15(17(11)23-18)16(20-24-19)10-6-4-3-5-7-10/h3-9,15,17-19H,1-2H3. The third-order valence-corrected chi connectivity index (χ3v) is 5.13. The van der Waals surface area contributed by atoms with Crippen molar-refractivity contribution in [3.05, 3.63) is 59.2 Å². The first kappa shape index (κ1) is 13.9. The second kappa shape index (κ2) is 4.98. The van der Waals surface area contributed by atoms with Gasteiger partial charge in [-0.05, 0) is 28.8 Å². The maximum absolute atomic E-state index is 6.24. The van der Waals surface area contributed by atoms with Crippen LogP contribution in [0.25, 0.3) is 0 Å². The number of nitrogens with zero attached hydrogens (tertiary/aromatic N) is 1. The van der Waals surface area contributed by atoms with Gasteiger partial charge >= 0.3 is 0 Å². The van der Waals surface area contributed by atoms with E-state index in [0.717, 1.165) is 28.2 Å². The average Bonchev–Trinajstić information content (AvgIpc) is 3.31. The number of oxime groups is 1. The molecule has 0 spiro atoms. The summed E-state index contributed by atoms with van der Waals surface area (Å²) in [4.78, 5) is 5.76. The predicted molar refractivity (Wildman–Crippen MR) is 87.5 cm³/mol. The van der Waals surface area contributed by atoms with Crippen LogP contribution in [0.1, 0.15) is 28.9 Å². The molecule has 5 heteroatoms. The smallest absolute Gasteiger partial charge is 0.169 e. The van der Waals surface area contributed by atoms with Gasteiger partial charge in [-0.15, -0.1) is 0 Å². The number of fused-ring (bicyclic) bond motifs is 8. The van der Waals surface area contributed by atoms with Crippen molar-refractivity contribution in [1.82, 2.24) is 0 Å². The molecule has 5 nitrogen and oxygen atoms in total. The Morgan fingerprint density at radius 3 is 2.25 bits per heavy atom. The summed E-state index contributed by atoms with van der Waals surface area (Å²) in [6.45, 7) is 0. The van der Waals surface area contributed by atoms with E-state index < -0.39 is 0 Å². The van der Waals surface area contributed by atoms with Crippen molar-refractivity contribution >= 4 is 5.71 Å². The lowest BCUT2D eigenvalue weighted by Crippen LogP contribution is -2.29. The fraction of sp³-hybridized carbons (Fsp3) is 0.316. The van der Waals surface area contributed by atoms with E-state index in [1.165, 1.54) is 0 Å². The molecule has 2 aromatic carbocycles. The Hall–Kier alpha value is -2.53. The second-order valence-corrected chi connectivity index (χ2v) is 6.25. The van der Waals surface area contributed by atoms with Crippen LogP contribution in [0, 0.1) is 5.92 Å². The SMILES string of the molecule is COc1cc2c(cc1OC)C1OC2C2ON=C(c3ccccc3)C12. The second-order valence-electron chi connectivity index (χ2n) is 6.25. The van der Waals surface area contributed by atoms with E-state index in [9.17, 15) is 0 Å². The topological polar surface area (TPSA) is 49.3 Å². The number of benzene rings is 2. The molecule has 0 aromatic heterocycles. The van der Waals surface area contributed by atoms with Gasteiger partial charge in [0.05, 0.1) is 32.0 Å². The van der Waals surface area contributed by atoms with E-state index in [1.807, 2.05) is 30.3 Å². The number of hydrogen-bond acceptors (Lipinski definition) is 5. The van der Waals surface area contributed by atoms with E-state index in [1.54, 1.807) is 14.2 Å². The fourth-order valence-corrected chi connectivity index (χ4v) is 4.05. The van der Waals surface area contributed by atoms with E-state index >= 15 is 0 Å². The van der Waals surface area contributed by atoms with E-state index in [0.29, 0.717) is 5.75 Å². The molecule has 3 aliphatic rings. The summed E-state index contributed by atoms with van der Waals surface area (Å²) in [7, 11) is 3.29. The first-order valence-electron chi connectivity index (χ1n) is 8.02. The molecular weight excluding hydrogens is 306 g/mol. The number of hydrogen-bond donors (Lipinski definition) is 0. The van der Waals surface area contributed by atoms with Crippen LogP contribution in [0.2, 0.25) is 0 Å². The van der Waals surface area contributed by atoms with Gasteiger partial charge in [0.1, 0.15) is 6.10 Å². The molecule has 2 bridgehead atoms. The third kappa shape index (κ3) is 1.70. The molecule has 0 N–H and O–H groups in total. The van der Waals surface area contributed by atoms with Gasteiger partial charge in [0.15, 0.2) is 17.6 Å². The van der Waals surface area contributed by atoms with Crippen molar-refractivity contribution in [1.29, 1.82) is 0 Å². The minimum atomic E-state index is -0.111. The Morgan fingerprint density at radius 2 is 1.58 bits per heavy atom. The molecule has 5 rings (SSSR count). The van der Waals surface area contributed by atoms with Crippen LogP contribution in [0.15, 0.2) is 47.6 Å². The quantitative estimate of drug-likeness (QED) is 0.870. The van der Waals surface area contributed by atoms with Gasteiger partial charge in [-0.1, -0.05) is 35.5 Å². The maximum Gasteiger partial charge on any atom is 0.169 e. The maximum atomic E-state index is 6.24. The molecule has 0 saturated carbocycles. The van der Waals surface area contributed by atoms with Gasteiger partial charge in [-0.3, -0.25) is 0 Å². The van der Waals surface area contributed by atoms with Gasteiger partial charge in [-0.25, -0.2) is 0 Å². The Bertz CT molecular complexity index is 833. The summed E-state index contributed by atoms with van der Waals surface area (Å²) in [6.07, 6.45) is -0.244. The molecule has 1 saturated heterocycles.